The van der Waals surface area contributed by atoms with E-state index in [-0.39, 0.29) is 34.6 Å². The molecule has 7 nitrogen and oxygen atoms in total. The smallest absolute Gasteiger partial charge is 0.301 e. The first-order valence-corrected chi connectivity index (χ1v) is 12.0. The van der Waals surface area contributed by atoms with Gasteiger partial charge in [-0.1, -0.05) is 47.2 Å². The molecule has 36 heavy (non-hydrogen) atoms. The van der Waals surface area contributed by atoms with Crippen molar-refractivity contribution >= 4 is 44.1 Å². The zero-order chi connectivity index (χ0) is 25.6. The molecule has 1 unspecified atom stereocenters. The normalized spacial score (nSPS) is 17.2. The summed E-state index contributed by atoms with van der Waals surface area (Å²) in [5.41, 5.74) is 2.11. The molecule has 1 fully saturated rings. The topological polar surface area (TPSA) is 100.0 Å². The van der Waals surface area contributed by atoms with E-state index >= 15 is 0 Å². The Kier molecular flexibility index (Phi) is 5.93. The molecule has 9 heteroatoms. The number of phenolic OH excluding ortho intramolecular Hbond substituents is 1. The number of aromatic hydroxyl groups is 1. The van der Waals surface area contributed by atoms with Crippen LogP contribution in [0.5, 0.6) is 11.5 Å². The van der Waals surface area contributed by atoms with Crippen LogP contribution >= 0.6 is 11.3 Å². The zero-order valence-electron chi connectivity index (χ0n) is 19.4. The van der Waals surface area contributed by atoms with Crippen LogP contribution in [0, 0.1) is 12.7 Å². The molecule has 1 aliphatic rings. The van der Waals surface area contributed by atoms with Gasteiger partial charge in [0.05, 0.1) is 28.4 Å². The number of thiazole rings is 1. The van der Waals surface area contributed by atoms with Gasteiger partial charge >= 0.3 is 5.91 Å². The second kappa shape index (κ2) is 9.09. The van der Waals surface area contributed by atoms with Crippen molar-refractivity contribution in [2.75, 3.05) is 11.5 Å². The predicted molar refractivity (Wildman–Crippen MR) is 135 cm³/mol. The van der Waals surface area contributed by atoms with Crippen LogP contribution in [0.2, 0.25) is 0 Å². The van der Waals surface area contributed by atoms with Crippen molar-refractivity contribution in [2.45, 2.75) is 19.9 Å². The summed E-state index contributed by atoms with van der Waals surface area (Å²) in [5, 5.41) is 21.6. The molecule has 2 heterocycles. The SMILES string of the molecule is CCOc1cc(C2C(=C(O)c3ccc(C)cc3)C(=O)C(=O)N2c2nc3ccc(F)cc3s2)ccc1O. The van der Waals surface area contributed by atoms with Crippen LogP contribution in [0.3, 0.4) is 0 Å². The van der Waals surface area contributed by atoms with Crippen molar-refractivity contribution in [2.24, 2.45) is 0 Å². The number of halogens is 1. The van der Waals surface area contributed by atoms with Crippen LogP contribution in [-0.2, 0) is 9.59 Å². The monoisotopic (exact) mass is 504 g/mol. The summed E-state index contributed by atoms with van der Waals surface area (Å²) in [7, 11) is 0. The lowest BCUT2D eigenvalue weighted by Gasteiger charge is -2.23. The van der Waals surface area contributed by atoms with E-state index in [9.17, 15) is 24.2 Å². The number of carbonyl (C=O) groups is 2. The Morgan fingerprint density at radius 2 is 1.86 bits per heavy atom. The standard InChI is InChI=1S/C27H21FN2O5S/c1-3-35-20-12-16(8-11-19(20)31)23-22(24(32)15-6-4-14(2)5-7-15)25(33)26(34)30(23)27-29-18-10-9-17(28)13-21(18)36-27/h4-13,23,31-32H,3H2,1-2H3. The van der Waals surface area contributed by atoms with Crippen molar-refractivity contribution in [1.82, 2.24) is 4.98 Å². The average Bonchev–Trinajstić information content (AvgIpc) is 3.38. The number of rotatable bonds is 5. The second-order valence-corrected chi connectivity index (χ2v) is 9.31. The highest BCUT2D eigenvalue weighted by Gasteiger charge is 2.48. The van der Waals surface area contributed by atoms with Crippen LogP contribution in [-0.4, -0.2) is 33.5 Å². The number of ether oxygens (including phenoxy) is 1. The molecule has 0 radical (unpaired) electrons. The first-order valence-electron chi connectivity index (χ1n) is 11.2. The number of phenols is 1. The first-order chi connectivity index (χ1) is 17.3. The highest BCUT2D eigenvalue weighted by Crippen LogP contribution is 2.45. The molecule has 1 aromatic heterocycles. The van der Waals surface area contributed by atoms with Crippen LogP contribution in [0.1, 0.15) is 29.7 Å². The molecule has 0 bridgehead atoms. The number of carbonyl (C=O) groups excluding carboxylic acids is 2. The fourth-order valence-electron chi connectivity index (χ4n) is 4.17. The van der Waals surface area contributed by atoms with Crippen molar-refractivity contribution in [3.8, 4) is 11.5 Å². The average molecular weight is 505 g/mol. The molecule has 5 rings (SSSR count). The van der Waals surface area contributed by atoms with E-state index in [1.807, 2.05) is 6.92 Å². The van der Waals surface area contributed by atoms with Crippen molar-refractivity contribution in [3.63, 3.8) is 0 Å². The Bertz CT molecular complexity index is 1540. The number of amides is 1. The number of ketones is 1. The fourth-order valence-corrected chi connectivity index (χ4v) is 5.19. The number of hydrogen-bond donors (Lipinski definition) is 2. The summed E-state index contributed by atoms with van der Waals surface area (Å²) in [5.74, 6) is -2.47. The summed E-state index contributed by atoms with van der Waals surface area (Å²) >= 11 is 1.06. The molecule has 0 aliphatic carbocycles. The van der Waals surface area contributed by atoms with Crippen LogP contribution < -0.4 is 9.64 Å². The third-order valence-corrected chi connectivity index (χ3v) is 6.93. The third kappa shape index (κ3) is 3.97. The predicted octanol–water partition coefficient (Wildman–Crippen LogP) is 5.47. The Labute approximate surface area is 209 Å². The minimum absolute atomic E-state index is 0.105. The molecular weight excluding hydrogens is 483 g/mol. The second-order valence-electron chi connectivity index (χ2n) is 8.30. The number of hydrogen-bond acceptors (Lipinski definition) is 7. The van der Waals surface area contributed by atoms with E-state index in [4.69, 9.17) is 4.74 Å². The molecule has 0 spiro atoms. The van der Waals surface area contributed by atoms with Crippen molar-refractivity contribution in [1.29, 1.82) is 0 Å². The number of benzene rings is 3. The molecule has 1 atom stereocenters. The molecular formula is C27H21FN2O5S. The van der Waals surface area contributed by atoms with E-state index in [0.717, 1.165) is 16.9 Å². The highest BCUT2D eigenvalue weighted by atomic mass is 32.1. The maximum Gasteiger partial charge on any atom is 0.301 e. The van der Waals surface area contributed by atoms with Gasteiger partial charge in [-0.3, -0.25) is 14.5 Å². The summed E-state index contributed by atoms with van der Waals surface area (Å²) in [6, 6.07) is 14.4. The Hall–Kier alpha value is -4.24. The van der Waals surface area contributed by atoms with E-state index in [1.54, 1.807) is 37.3 Å². The van der Waals surface area contributed by atoms with Crippen molar-refractivity contribution < 1.29 is 28.9 Å². The van der Waals surface area contributed by atoms with Gasteiger partial charge in [-0.05, 0) is 49.7 Å². The van der Waals surface area contributed by atoms with Gasteiger partial charge in [-0.2, -0.15) is 0 Å². The van der Waals surface area contributed by atoms with Crippen molar-refractivity contribution in [3.05, 3.63) is 88.7 Å². The quantitative estimate of drug-likeness (QED) is 0.212. The number of aliphatic hydroxyl groups excluding tert-OH is 1. The largest absolute Gasteiger partial charge is 0.507 e. The Morgan fingerprint density at radius 1 is 1.11 bits per heavy atom. The van der Waals surface area contributed by atoms with Gasteiger partial charge < -0.3 is 14.9 Å². The van der Waals surface area contributed by atoms with E-state index in [0.29, 0.717) is 21.3 Å². The molecule has 3 aromatic carbocycles. The lowest BCUT2D eigenvalue weighted by atomic mass is 9.95. The lowest BCUT2D eigenvalue weighted by Crippen LogP contribution is -2.29. The van der Waals surface area contributed by atoms with Gasteiger partial charge in [0.15, 0.2) is 16.6 Å². The summed E-state index contributed by atoms with van der Waals surface area (Å²) in [4.78, 5) is 32.4. The Balaban J connectivity index is 1.74. The van der Waals surface area contributed by atoms with Gasteiger partial charge in [0.2, 0.25) is 0 Å². The number of nitrogens with zero attached hydrogens (tertiary/aromatic N) is 2. The number of Topliss-reactive ketones (excluding diaryl/α,β-unsaturated/α-hetero) is 1. The number of anilines is 1. The number of fused-ring (bicyclic) bond motifs is 1. The zero-order valence-corrected chi connectivity index (χ0v) is 20.2. The number of aryl methyl sites for hydroxylation is 1. The van der Waals surface area contributed by atoms with Gasteiger partial charge in [-0.25, -0.2) is 9.37 Å². The van der Waals surface area contributed by atoms with Gasteiger partial charge in [0.1, 0.15) is 11.6 Å². The lowest BCUT2D eigenvalue weighted by molar-refractivity contribution is -0.132. The fraction of sp³-hybridized carbons (Fsp3) is 0.148. The van der Waals surface area contributed by atoms with E-state index in [1.165, 1.54) is 35.2 Å². The first kappa shape index (κ1) is 23.5. The molecule has 1 amide bonds. The summed E-state index contributed by atoms with van der Waals surface area (Å²) in [6.45, 7) is 3.93. The van der Waals surface area contributed by atoms with Gasteiger partial charge in [-0.15, -0.1) is 0 Å². The molecule has 2 N–H and O–H groups in total. The van der Waals surface area contributed by atoms with Crippen LogP contribution in [0.15, 0.2) is 66.2 Å². The number of aliphatic hydroxyl groups is 1. The maximum absolute atomic E-state index is 13.8. The minimum atomic E-state index is -1.06. The molecule has 182 valence electrons. The maximum atomic E-state index is 13.8. The minimum Gasteiger partial charge on any atom is -0.507 e. The van der Waals surface area contributed by atoms with Gasteiger partial charge in [0.25, 0.3) is 5.78 Å². The molecule has 1 aliphatic heterocycles. The van der Waals surface area contributed by atoms with Gasteiger partial charge in [0, 0.05) is 5.56 Å². The highest BCUT2D eigenvalue weighted by molar-refractivity contribution is 7.22. The van der Waals surface area contributed by atoms with E-state index < -0.39 is 23.5 Å². The summed E-state index contributed by atoms with van der Waals surface area (Å²) < 4.78 is 19.8. The van der Waals surface area contributed by atoms with Crippen LogP contribution in [0.4, 0.5) is 9.52 Å². The molecule has 0 saturated carbocycles. The Morgan fingerprint density at radius 3 is 2.58 bits per heavy atom. The summed E-state index contributed by atoms with van der Waals surface area (Å²) in [6.07, 6.45) is 0. The van der Waals surface area contributed by atoms with E-state index in [2.05, 4.69) is 4.98 Å². The molecule has 1 saturated heterocycles. The van der Waals surface area contributed by atoms with Crippen LogP contribution in [0.25, 0.3) is 16.0 Å². The molecule has 4 aromatic rings. The number of aromatic nitrogens is 1. The third-order valence-electron chi connectivity index (χ3n) is 5.91.